The second-order valence-electron chi connectivity index (χ2n) is 6.28. The maximum Gasteiger partial charge on any atom is 0.126 e. The van der Waals surface area contributed by atoms with E-state index in [0.717, 1.165) is 23.0 Å². The monoisotopic (exact) mass is 369 g/mol. The highest BCUT2D eigenvalue weighted by Gasteiger charge is 2.19. The molecule has 0 radical (unpaired) electrons. The van der Waals surface area contributed by atoms with Crippen LogP contribution >= 0.6 is 27.3 Å². The fourth-order valence-electron chi connectivity index (χ4n) is 2.23. The summed E-state index contributed by atoms with van der Waals surface area (Å²) in [7, 11) is 0. The van der Waals surface area contributed by atoms with Gasteiger partial charge in [0.2, 0.25) is 0 Å². The van der Waals surface area contributed by atoms with Crippen molar-refractivity contribution >= 4 is 27.3 Å². The van der Waals surface area contributed by atoms with Gasteiger partial charge < -0.3 is 5.32 Å². The molecule has 1 heterocycles. The van der Waals surface area contributed by atoms with Gasteiger partial charge in [-0.15, -0.1) is 11.3 Å². The van der Waals surface area contributed by atoms with Crippen LogP contribution in [0.2, 0.25) is 0 Å². The van der Waals surface area contributed by atoms with Crippen LogP contribution in [-0.2, 0) is 6.42 Å². The Kier molecular flexibility index (Phi) is 5.58. The molecule has 0 aliphatic carbocycles. The van der Waals surface area contributed by atoms with Gasteiger partial charge in [0.15, 0.2) is 0 Å². The van der Waals surface area contributed by atoms with Crippen LogP contribution in [0.3, 0.4) is 0 Å². The van der Waals surface area contributed by atoms with E-state index < -0.39 is 0 Å². The maximum atomic E-state index is 14.1. The van der Waals surface area contributed by atoms with Crippen molar-refractivity contribution in [2.45, 2.75) is 38.6 Å². The van der Waals surface area contributed by atoms with E-state index in [0.29, 0.717) is 0 Å². The molecule has 0 fully saturated rings. The van der Waals surface area contributed by atoms with Crippen molar-refractivity contribution in [3.8, 4) is 0 Å². The van der Waals surface area contributed by atoms with E-state index >= 15 is 0 Å². The molecule has 0 amide bonds. The first-order valence-electron chi connectivity index (χ1n) is 7.07. The predicted molar refractivity (Wildman–Crippen MR) is 92.6 cm³/mol. The van der Waals surface area contributed by atoms with Crippen molar-refractivity contribution in [2.75, 3.05) is 6.54 Å². The molecule has 114 valence electrons. The zero-order valence-corrected chi connectivity index (χ0v) is 15.0. The molecule has 21 heavy (non-hydrogen) atoms. The van der Waals surface area contributed by atoms with Crippen molar-refractivity contribution < 1.29 is 4.39 Å². The normalized spacial score (nSPS) is 13.4. The summed E-state index contributed by atoms with van der Waals surface area (Å²) in [5.74, 6) is 0.0183. The summed E-state index contributed by atoms with van der Waals surface area (Å²) < 4.78 is 15.2. The molecule has 1 N–H and O–H groups in total. The van der Waals surface area contributed by atoms with Crippen LogP contribution in [0, 0.1) is 5.82 Å². The summed E-state index contributed by atoms with van der Waals surface area (Å²) in [6, 6.07) is 9.22. The van der Waals surface area contributed by atoms with Gasteiger partial charge in [0.1, 0.15) is 5.82 Å². The van der Waals surface area contributed by atoms with Crippen molar-refractivity contribution in [1.29, 1.82) is 0 Å². The van der Waals surface area contributed by atoms with Crippen LogP contribution in [0.5, 0.6) is 0 Å². The number of thiophene rings is 1. The van der Waals surface area contributed by atoms with E-state index in [-0.39, 0.29) is 17.3 Å². The van der Waals surface area contributed by atoms with Crippen molar-refractivity contribution in [3.63, 3.8) is 0 Å². The Hall–Kier alpha value is -0.710. The largest absolute Gasteiger partial charge is 0.311 e. The fourth-order valence-corrected chi connectivity index (χ4v) is 3.76. The molecule has 1 unspecified atom stereocenters. The summed E-state index contributed by atoms with van der Waals surface area (Å²) in [5, 5.41) is 5.58. The van der Waals surface area contributed by atoms with Crippen LogP contribution in [0.15, 0.2) is 40.2 Å². The summed E-state index contributed by atoms with van der Waals surface area (Å²) >= 11 is 5.20. The molecule has 1 aromatic carbocycles. The van der Waals surface area contributed by atoms with Gasteiger partial charge in [-0.2, -0.15) is 0 Å². The number of halogens is 2. The van der Waals surface area contributed by atoms with E-state index in [1.165, 1.54) is 4.88 Å². The lowest BCUT2D eigenvalue weighted by Crippen LogP contribution is -2.39. The van der Waals surface area contributed by atoms with E-state index in [1.54, 1.807) is 23.5 Å². The Morgan fingerprint density at radius 3 is 2.57 bits per heavy atom. The van der Waals surface area contributed by atoms with Crippen LogP contribution < -0.4 is 5.32 Å². The van der Waals surface area contributed by atoms with E-state index in [4.69, 9.17) is 0 Å². The molecule has 0 spiro atoms. The zero-order chi connectivity index (χ0) is 15.5. The van der Waals surface area contributed by atoms with Gasteiger partial charge in [-0.05, 0) is 60.8 Å². The predicted octanol–water partition coefficient (Wildman–Crippen LogP) is 5.36. The van der Waals surface area contributed by atoms with Gasteiger partial charge in [0.25, 0.3) is 0 Å². The van der Waals surface area contributed by atoms with Gasteiger partial charge in [-0.3, -0.25) is 0 Å². The molecule has 0 saturated heterocycles. The van der Waals surface area contributed by atoms with Gasteiger partial charge >= 0.3 is 0 Å². The zero-order valence-electron chi connectivity index (χ0n) is 12.6. The summed E-state index contributed by atoms with van der Waals surface area (Å²) in [6.07, 6.45) is 0.847. The Bertz CT molecular complexity index is 588. The Labute approximate surface area is 138 Å². The number of rotatable bonds is 5. The molecular formula is C17H21BrFNS. The number of hydrogen-bond acceptors (Lipinski definition) is 2. The Morgan fingerprint density at radius 2 is 2.00 bits per heavy atom. The quantitative estimate of drug-likeness (QED) is 0.747. The lowest BCUT2D eigenvalue weighted by Gasteiger charge is -2.25. The third kappa shape index (κ3) is 5.20. The van der Waals surface area contributed by atoms with Gasteiger partial charge in [0, 0.05) is 32.7 Å². The molecule has 1 atom stereocenters. The van der Waals surface area contributed by atoms with Crippen molar-refractivity contribution in [3.05, 3.63) is 56.4 Å². The smallest absolute Gasteiger partial charge is 0.126 e. The third-order valence-corrected chi connectivity index (χ3v) is 5.01. The van der Waals surface area contributed by atoms with Gasteiger partial charge in [0.05, 0.1) is 0 Å². The van der Waals surface area contributed by atoms with Gasteiger partial charge in [-0.1, -0.05) is 18.2 Å². The van der Waals surface area contributed by atoms with Gasteiger partial charge in [-0.25, -0.2) is 4.39 Å². The minimum Gasteiger partial charge on any atom is -0.311 e. The lowest BCUT2D eigenvalue weighted by atomic mass is 9.93. The minimum atomic E-state index is -0.117. The topological polar surface area (TPSA) is 12.0 Å². The number of hydrogen-bond donors (Lipinski definition) is 1. The molecular weight excluding hydrogens is 349 g/mol. The molecule has 0 aliphatic rings. The number of nitrogens with one attached hydrogen (secondary N) is 1. The van der Waals surface area contributed by atoms with Crippen LogP contribution in [0.4, 0.5) is 4.39 Å². The number of benzene rings is 1. The average Bonchev–Trinajstić information content (AvgIpc) is 2.80. The second kappa shape index (κ2) is 7.03. The molecule has 0 saturated carbocycles. The van der Waals surface area contributed by atoms with E-state index in [9.17, 15) is 4.39 Å². The average molecular weight is 370 g/mol. The fraction of sp³-hybridized carbons (Fsp3) is 0.412. The SMILES string of the molecule is CC(C)(C)NCC(Cc1cc(Br)cs1)c1ccccc1F. The first-order chi connectivity index (χ1) is 9.85. The summed E-state index contributed by atoms with van der Waals surface area (Å²) in [6.45, 7) is 7.16. The molecule has 0 bridgehead atoms. The van der Waals surface area contributed by atoms with E-state index in [1.807, 2.05) is 12.1 Å². The molecule has 1 nitrogen and oxygen atoms in total. The lowest BCUT2D eigenvalue weighted by molar-refractivity contribution is 0.401. The van der Waals surface area contributed by atoms with Crippen LogP contribution in [0.1, 0.15) is 37.1 Å². The highest BCUT2D eigenvalue weighted by atomic mass is 79.9. The van der Waals surface area contributed by atoms with Crippen molar-refractivity contribution in [2.24, 2.45) is 0 Å². The second-order valence-corrected chi connectivity index (χ2v) is 8.20. The Morgan fingerprint density at radius 1 is 1.29 bits per heavy atom. The van der Waals surface area contributed by atoms with Crippen LogP contribution in [-0.4, -0.2) is 12.1 Å². The minimum absolute atomic E-state index is 0.0273. The van der Waals surface area contributed by atoms with E-state index in [2.05, 4.69) is 53.5 Å². The molecule has 2 aromatic rings. The standard InChI is InChI=1S/C17H21BrFNS/c1-17(2,3)20-10-12(8-14-9-13(18)11-21-14)15-6-4-5-7-16(15)19/h4-7,9,11-12,20H,8,10H2,1-3H3. The Balaban J connectivity index is 2.19. The molecule has 4 heteroatoms. The van der Waals surface area contributed by atoms with Crippen molar-refractivity contribution in [1.82, 2.24) is 5.32 Å². The highest BCUT2D eigenvalue weighted by Crippen LogP contribution is 2.28. The molecule has 1 aromatic heterocycles. The summed E-state index contributed by atoms with van der Waals surface area (Å²) in [5.41, 5.74) is 0.818. The summed E-state index contributed by atoms with van der Waals surface area (Å²) in [4.78, 5) is 1.27. The molecule has 0 aliphatic heterocycles. The third-order valence-electron chi connectivity index (χ3n) is 3.29. The maximum absolute atomic E-state index is 14.1. The van der Waals surface area contributed by atoms with Crippen LogP contribution in [0.25, 0.3) is 0 Å². The first-order valence-corrected chi connectivity index (χ1v) is 8.75. The molecule has 2 rings (SSSR count). The first kappa shape index (κ1) is 16.7. The highest BCUT2D eigenvalue weighted by molar-refractivity contribution is 9.10.